The van der Waals surface area contributed by atoms with E-state index >= 15 is 0 Å². The number of allylic oxidation sites excluding steroid dienone is 2. The predicted octanol–water partition coefficient (Wildman–Crippen LogP) is 2.95. The molecule has 2 aliphatic rings. The Hall–Kier alpha value is -1.25. The second-order valence-corrected chi connectivity index (χ2v) is 6.43. The van der Waals surface area contributed by atoms with Crippen LogP contribution in [0.5, 0.6) is 0 Å². The smallest absolute Gasteiger partial charge is 0.161 e. The summed E-state index contributed by atoms with van der Waals surface area (Å²) in [5.41, 5.74) is 2.57. The first-order valence-corrected chi connectivity index (χ1v) is 6.55. The lowest BCUT2D eigenvalue weighted by molar-refractivity contribution is -0.120. The topological polar surface area (TPSA) is 46.5 Å². The van der Waals surface area contributed by atoms with E-state index in [4.69, 9.17) is 0 Å². The van der Waals surface area contributed by atoms with Crippen molar-refractivity contribution in [1.82, 2.24) is 0 Å². The van der Waals surface area contributed by atoms with Gasteiger partial charge in [-0.1, -0.05) is 20.8 Å². The van der Waals surface area contributed by atoms with Crippen LogP contribution in [0.15, 0.2) is 16.3 Å². The monoisotopic (exact) mass is 247 g/mol. The highest BCUT2D eigenvalue weighted by Gasteiger charge is 2.41. The van der Waals surface area contributed by atoms with Crippen molar-refractivity contribution in [2.45, 2.75) is 47.5 Å². The molecule has 0 saturated heterocycles. The van der Waals surface area contributed by atoms with Crippen molar-refractivity contribution < 1.29 is 9.59 Å². The van der Waals surface area contributed by atoms with Gasteiger partial charge in [-0.25, -0.2) is 0 Å². The van der Waals surface area contributed by atoms with Crippen LogP contribution in [0, 0.1) is 17.3 Å². The van der Waals surface area contributed by atoms with Crippen molar-refractivity contribution in [2.75, 3.05) is 0 Å². The average molecular weight is 247 g/mol. The number of carbonyl (C=O) groups excluding carboxylic acids is 2. The quantitative estimate of drug-likeness (QED) is 0.715. The van der Waals surface area contributed by atoms with Gasteiger partial charge in [0.05, 0.1) is 5.92 Å². The van der Waals surface area contributed by atoms with Crippen molar-refractivity contribution in [1.29, 1.82) is 0 Å². The van der Waals surface area contributed by atoms with E-state index in [-0.39, 0.29) is 28.8 Å². The van der Waals surface area contributed by atoms with Crippen molar-refractivity contribution in [3.8, 4) is 0 Å². The maximum atomic E-state index is 12.3. The molecule has 0 radical (unpaired) electrons. The van der Waals surface area contributed by atoms with Crippen LogP contribution in [-0.4, -0.2) is 17.3 Å². The fourth-order valence-corrected chi connectivity index (χ4v) is 3.38. The number of carbonyl (C=O) groups is 2. The molecule has 3 nitrogen and oxygen atoms in total. The summed E-state index contributed by atoms with van der Waals surface area (Å²) in [4.78, 5) is 28.6. The van der Waals surface area contributed by atoms with E-state index in [9.17, 15) is 9.59 Å². The maximum Gasteiger partial charge on any atom is 0.161 e. The summed E-state index contributed by atoms with van der Waals surface area (Å²) in [6.45, 7) is 9.67. The number of rotatable bonds is 1. The van der Waals surface area contributed by atoms with Crippen LogP contribution in [0.2, 0.25) is 0 Å². The zero-order valence-electron chi connectivity index (χ0n) is 11.8. The molecule has 2 atom stereocenters. The third-order valence-corrected chi connectivity index (χ3v) is 4.05. The molecule has 0 amide bonds. The number of hydrogen-bond donors (Lipinski definition) is 0. The normalized spacial score (nSPS) is 30.9. The largest absolute Gasteiger partial charge is 0.299 e. The van der Waals surface area contributed by atoms with Gasteiger partial charge in [0.25, 0.3) is 0 Å². The molecule has 0 N–H and O–H groups in total. The molecule has 0 unspecified atom stereocenters. The molecule has 1 heterocycles. The van der Waals surface area contributed by atoms with Gasteiger partial charge in [0.1, 0.15) is 5.78 Å². The summed E-state index contributed by atoms with van der Waals surface area (Å²) in [5.74, 6) is 0.0525. The minimum atomic E-state index is -0.214. The Bertz CT molecular complexity index is 483. The summed E-state index contributed by atoms with van der Waals surface area (Å²) in [6, 6.07) is 0. The zero-order chi connectivity index (χ0) is 13.7. The van der Waals surface area contributed by atoms with E-state index in [1.54, 1.807) is 6.92 Å². The van der Waals surface area contributed by atoms with Crippen molar-refractivity contribution >= 4 is 17.3 Å². The molecule has 3 heteroatoms. The fourth-order valence-electron chi connectivity index (χ4n) is 3.38. The second kappa shape index (κ2) is 4.15. The van der Waals surface area contributed by atoms with Crippen LogP contribution < -0.4 is 0 Å². The third kappa shape index (κ3) is 2.06. The Morgan fingerprint density at radius 2 is 1.94 bits per heavy atom. The van der Waals surface area contributed by atoms with Gasteiger partial charge in [0.15, 0.2) is 5.78 Å². The summed E-state index contributed by atoms with van der Waals surface area (Å²) < 4.78 is 0. The molecule has 0 aromatic heterocycles. The molecule has 1 aliphatic heterocycles. The summed E-state index contributed by atoms with van der Waals surface area (Å²) in [6.07, 6.45) is 1.40. The van der Waals surface area contributed by atoms with Gasteiger partial charge in [-0.05, 0) is 25.7 Å². The molecule has 2 rings (SSSR count). The molecule has 0 aromatic carbocycles. The van der Waals surface area contributed by atoms with Gasteiger partial charge in [0, 0.05) is 29.3 Å². The number of hydrogen-bond acceptors (Lipinski definition) is 3. The van der Waals surface area contributed by atoms with Crippen molar-refractivity contribution in [3.05, 3.63) is 11.3 Å². The van der Waals surface area contributed by atoms with Crippen molar-refractivity contribution in [2.24, 2.45) is 22.2 Å². The Morgan fingerprint density at radius 3 is 2.50 bits per heavy atom. The standard InChI is InChI=1S/C15H21NO2/c1-8-13(10(3)17)9(2)16-11-6-15(4,5)7-12(18)14(8)11/h8,13H,6-7H2,1-5H3/t8-,13-/m0/s1. The van der Waals surface area contributed by atoms with Gasteiger partial charge in [-0.3, -0.25) is 14.6 Å². The molecule has 0 fully saturated rings. The zero-order valence-corrected chi connectivity index (χ0v) is 11.8. The van der Waals surface area contributed by atoms with Crippen LogP contribution >= 0.6 is 0 Å². The number of nitrogens with zero attached hydrogens (tertiary/aromatic N) is 1. The minimum absolute atomic E-state index is 0.0114. The van der Waals surface area contributed by atoms with E-state index in [2.05, 4.69) is 18.8 Å². The molecule has 18 heavy (non-hydrogen) atoms. The molecular weight excluding hydrogens is 226 g/mol. The summed E-state index contributed by atoms with van der Waals surface area (Å²) >= 11 is 0. The van der Waals surface area contributed by atoms with Crippen molar-refractivity contribution in [3.63, 3.8) is 0 Å². The SMILES string of the molecule is CC(=O)[C@@H]1C(C)=NC2=C(C(=O)CC(C)(C)C2)[C@H]1C. The number of ketones is 2. The van der Waals surface area contributed by atoms with Gasteiger partial charge >= 0.3 is 0 Å². The number of Topliss-reactive ketones (excluding diaryl/α,β-unsaturated/α-hetero) is 2. The number of aliphatic imine (C=N–C) groups is 1. The lowest BCUT2D eigenvalue weighted by Gasteiger charge is -2.37. The Labute approximate surface area is 108 Å². The third-order valence-electron chi connectivity index (χ3n) is 4.05. The first-order valence-electron chi connectivity index (χ1n) is 6.55. The highest BCUT2D eigenvalue weighted by Crippen LogP contribution is 2.43. The van der Waals surface area contributed by atoms with Crippen LogP contribution in [0.3, 0.4) is 0 Å². The predicted molar refractivity (Wildman–Crippen MR) is 71.5 cm³/mol. The second-order valence-electron chi connectivity index (χ2n) is 6.43. The molecule has 0 saturated carbocycles. The molecule has 0 bridgehead atoms. The van der Waals surface area contributed by atoms with E-state index in [1.807, 2.05) is 13.8 Å². The van der Waals surface area contributed by atoms with E-state index in [0.29, 0.717) is 6.42 Å². The molecule has 0 aromatic rings. The van der Waals surface area contributed by atoms with Crippen LogP contribution in [0.4, 0.5) is 0 Å². The maximum absolute atomic E-state index is 12.3. The van der Waals surface area contributed by atoms with Gasteiger partial charge in [-0.2, -0.15) is 0 Å². The summed E-state index contributed by atoms with van der Waals surface area (Å²) in [5, 5.41) is 0. The Morgan fingerprint density at radius 1 is 1.33 bits per heavy atom. The summed E-state index contributed by atoms with van der Waals surface area (Å²) in [7, 11) is 0. The lowest BCUT2D eigenvalue weighted by atomic mass is 9.68. The lowest BCUT2D eigenvalue weighted by Crippen LogP contribution is -2.38. The Kier molecular flexibility index (Phi) is 3.04. The van der Waals surface area contributed by atoms with Crippen LogP contribution in [0.1, 0.15) is 47.5 Å². The van der Waals surface area contributed by atoms with Gasteiger partial charge < -0.3 is 0 Å². The van der Waals surface area contributed by atoms with E-state index in [1.165, 1.54) is 0 Å². The highest BCUT2D eigenvalue weighted by molar-refractivity contribution is 6.08. The van der Waals surface area contributed by atoms with Crippen LogP contribution in [-0.2, 0) is 9.59 Å². The van der Waals surface area contributed by atoms with Gasteiger partial charge in [0.2, 0.25) is 0 Å². The van der Waals surface area contributed by atoms with Gasteiger partial charge in [-0.15, -0.1) is 0 Å². The first-order chi connectivity index (χ1) is 8.23. The Balaban J connectivity index is 2.48. The fraction of sp³-hybridized carbons (Fsp3) is 0.667. The van der Waals surface area contributed by atoms with E-state index in [0.717, 1.165) is 23.4 Å². The highest BCUT2D eigenvalue weighted by atomic mass is 16.1. The minimum Gasteiger partial charge on any atom is -0.299 e. The average Bonchev–Trinajstić information content (AvgIpc) is 2.11. The molecule has 0 spiro atoms. The molecular formula is C15H21NO2. The first kappa shape index (κ1) is 13.2. The molecule has 1 aliphatic carbocycles. The van der Waals surface area contributed by atoms with Crippen LogP contribution in [0.25, 0.3) is 0 Å². The van der Waals surface area contributed by atoms with E-state index < -0.39 is 0 Å². The molecule has 98 valence electrons.